The van der Waals surface area contributed by atoms with Crippen LogP contribution in [0.2, 0.25) is 5.02 Å². The lowest BCUT2D eigenvalue weighted by Crippen LogP contribution is -2.19. The van der Waals surface area contributed by atoms with Crippen LogP contribution >= 0.6 is 11.6 Å². The molecule has 0 saturated carbocycles. The highest BCUT2D eigenvalue weighted by atomic mass is 35.5. The maximum atomic E-state index is 11.7. The van der Waals surface area contributed by atoms with Gasteiger partial charge in [0.2, 0.25) is 0 Å². The SMILES string of the molecule is COC(=O)c1cc(Cl)cn1NCc1ccc(-c2ccccc2)cc1. The van der Waals surface area contributed by atoms with Gasteiger partial charge in [-0.25, -0.2) is 4.79 Å². The number of methoxy groups -OCH3 is 1. The number of esters is 1. The van der Waals surface area contributed by atoms with Gasteiger partial charge in [0.15, 0.2) is 0 Å². The van der Waals surface area contributed by atoms with Crippen LogP contribution in [0.4, 0.5) is 0 Å². The van der Waals surface area contributed by atoms with Crippen LogP contribution < -0.4 is 5.43 Å². The topological polar surface area (TPSA) is 43.3 Å². The molecule has 1 aromatic heterocycles. The second kappa shape index (κ2) is 7.23. The van der Waals surface area contributed by atoms with E-state index in [-0.39, 0.29) is 0 Å². The van der Waals surface area contributed by atoms with Crippen LogP contribution in [-0.4, -0.2) is 17.8 Å². The van der Waals surface area contributed by atoms with Crippen molar-refractivity contribution in [3.8, 4) is 11.1 Å². The van der Waals surface area contributed by atoms with Crippen LogP contribution in [0, 0.1) is 0 Å². The first-order valence-corrected chi connectivity index (χ1v) is 7.89. The fourth-order valence-electron chi connectivity index (χ4n) is 2.45. The molecule has 1 heterocycles. The first kappa shape index (κ1) is 16.1. The lowest BCUT2D eigenvalue weighted by atomic mass is 10.0. The molecule has 0 aliphatic carbocycles. The molecule has 0 radical (unpaired) electrons. The molecule has 2 aromatic carbocycles. The van der Waals surface area contributed by atoms with E-state index in [0.29, 0.717) is 17.3 Å². The Bertz CT molecular complexity index is 826. The van der Waals surface area contributed by atoms with Crippen molar-refractivity contribution in [1.29, 1.82) is 0 Å². The molecular weight excluding hydrogens is 324 g/mol. The van der Waals surface area contributed by atoms with E-state index in [1.165, 1.54) is 18.2 Å². The van der Waals surface area contributed by atoms with E-state index in [1.54, 1.807) is 16.9 Å². The van der Waals surface area contributed by atoms with Crippen molar-refractivity contribution in [2.24, 2.45) is 0 Å². The van der Waals surface area contributed by atoms with Crippen LogP contribution in [0.1, 0.15) is 16.1 Å². The number of carbonyl (C=O) groups is 1. The number of aromatic nitrogens is 1. The fourth-order valence-corrected chi connectivity index (χ4v) is 2.65. The number of nitrogens with zero attached hydrogens (tertiary/aromatic N) is 1. The Labute approximate surface area is 145 Å². The molecule has 0 spiro atoms. The van der Waals surface area contributed by atoms with Crippen LogP contribution in [0.3, 0.4) is 0 Å². The van der Waals surface area contributed by atoms with Crippen molar-refractivity contribution in [2.45, 2.75) is 6.54 Å². The number of nitrogens with one attached hydrogen (secondary N) is 1. The maximum absolute atomic E-state index is 11.7. The van der Waals surface area contributed by atoms with E-state index >= 15 is 0 Å². The van der Waals surface area contributed by atoms with Gasteiger partial charge in [-0.2, -0.15) is 0 Å². The standard InChI is InChI=1S/C19H17ClN2O2/c1-24-19(23)18-11-17(20)13-22(18)21-12-14-7-9-16(10-8-14)15-5-3-2-4-6-15/h2-11,13,21H,12H2,1H3. The molecule has 24 heavy (non-hydrogen) atoms. The Morgan fingerprint density at radius 1 is 1.08 bits per heavy atom. The molecule has 122 valence electrons. The Balaban J connectivity index is 1.71. The van der Waals surface area contributed by atoms with Crippen LogP contribution in [0.5, 0.6) is 0 Å². The highest BCUT2D eigenvalue weighted by Gasteiger charge is 2.13. The Morgan fingerprint density at radius 3 is 2.42 bits per heavy atom. The van der Waals surface area contributed by atoms with Gasteiger partial charge in [0.25, 0.3) is 0 Å². The zero-order valence-corrected chi connectivity index (χ0v) is 14.0. The number of hydrogen-bond acceptors (Lipinski definition) is 3. The Kier molecular flexibility index (Phi) is 4.87. The number of halogens is 1. The third-order valence-corrected chi connectivity index (χ3v) is 3.90. The van der Waals surface area contributed by atoms with Gasteiger partial charge in [-0.1, -0.05) is 66.2 Å². The minimum atomic E-state index is -0.436. The summed E-state index contributed by atoms with van der Waals surface area (Å²) < 4.78 is 6.33. The minimum absolute atomic E-state index is 0.364. The van der Waals surface area contributed by atoms with Crippen molar-refractivity contribution in [1.82, 2.24) is 4.68 Å². The lowest BCUT2D eigenvalue weighted by Gasteiger charge is -2.11. The predicted octanol–water partition coefficient (Wildman–Crippen LogP) is 4.34. The van der Waals surface area contributed by atoms with Gasteiger partial charge in [0.05, 0.1) is 18.7 Å². The summed E-state index contributed by atoms with van der Waals surface area (Å²) in [6.07, 6.45) is 1.64. The summed E-state index contributed by atoms with van der Waals surface area (Å²) in [7, 11) is 1.34. The number of carbonyl (C=O) groups excluding carboxylic acids is 1. The normalized spacial score (nSPS) is 10.4. The molecule has 0 unspecified atom stereocenters. The summed E-state index contributed by atoms with van der Waals surface area (Å²) in [4.78, 5) is 11.7. The van der Waals surface area contributed by atoms with Crippen LogP contribution in [0.25, 0.3) is 11.1 Å². The molecule has 5 heteroatoms. The van der Waals surface area contributed by atoms with E-state index in [2.05, 4.69) is 41.8 Å². The van der Waals surface area contributed by atoms with E-state index < -0.39 is 5.97 Å². The second-order valence-electron chi connectivity index (χ2n) is 5.30. The highest BCUT2D eigenvalue weighted by Crippen LogP contribution is 2.19. The Morgan fingerprint density at radius 2 is 1.75 bits per heavy atom. The molecular formula is C19H17ClN2O2. The summed E-state index contributed by atoms with van der Waals surface area (Å²) in [5.74, 6) is -0.436. The van der Waals surface area contributed by atoms with Crippen molar-refractivity contribution < 1.29 is 9.53 Å². The van der Waals surface area contributed by atoms with Gasteiger partial charge in [0, 0.05) is 6.20 Å². The van der Waals surface area contributed by atoms with E-state index in [0.717, 1.165) is 5.56 Å². The van der Waals surface area contributed by atoms with Gasteiger partial charge >= 0.3 is 5.97 Å². The minimum Gasteiger partial charge on any atom is -0.464 e. The zero-order chi connectivity index (χ0) is 16.9. The predicted molar refractivity (Wildman–Crippen MR) is 95.7 cm³/mol. The molecule has 0 fully saturated rings. The zero-order valence-electron chi connectivity index (χ0n) is 13.2. The van der Waals surface area contributed by atoms with E-state index in [9.17, 15) is 4.79 Å². The summed E-state index contributed by atoms with van der Waals surface area (Å²) in [5, 5.41) is 0.474. The largest absolute Gasteiger partial charge is 0.464 e. The van der Waals surface area contributed by atoms with E-state index in [4.69, 9.17) is 16.3 Å². The summed E-state index contributed by atoms with van der Waals surface area (Å²) >= 11 is 5.97. The third-order valence-electron chi connectivity index (χ3n) is 3.70. The smallest absolute Gasteiger partial charge is 0.356 e. The highest BCUT2D eigenvalue weighted by molar-refractivity contribution is 6.31. The van der Waals surface area contributed by atoms with Gasteiger partial charge in [0.1, 0.15) is 5.69 Å². The fraction of sp³-hybridized carbons (Fsp3) is 0.105. The number of benzene rings is 2. The van der Waals surface area contributed by atoms with Gasteiger partial charge in [-0.15, -0.1) is 0 Å². The number of rotatable bonds is 5. The van der Waals surface area contributed by atoms with Gasteiger partial charge < -0.3 is 10.2 Å². The maximum Gasteiger partial charge on any atom is 0.356 e. The summed E-state index contributed by atoms with van der Waals surface area (Å²) in [5.41, 5.74) is 6.96. The third kappa shape index (κ3) is 3.60. The number of hydrogen-bond donors (Lipinski definition) is 1. The van der Waals surface area contributed by atoms with Crippen molar-refractivity contribution >= 4 is 17.6 Å². The van der Waals surface area contributed by atoms with Crippen molar-refractivity contribution in [2.75, 3.05) is 12.5 Å². The average Bonchev–Trinajstić information content (AvgIpc) is 3.01. The van der Waals surface area contributed by atoms with Crippen molar-refractivity contribution in [3.05, 3.63) is 83.1 Å². The van der Waals surface area contributed by atoms with E-state index in [1.807, 2.05) is 18.2 Å². The molecule has 0 aliphatic heterocycles. The van der Waals surface area contributed by atoms with Crippen LogP contribution in [-0.2, 0) is 11.3 Å². The second-order valence-corrected chi connectivity index (χ2v) is 5.74. The summed E-state index contributed by atoms with van der Waals surface area (Å²) in [6, 6.07) is 20.0. The molecule has 3 rings (SSSR count). The van der Waals surface area contributed by atoms with Gasteiger partial charge in [-0.05, 0) is 22.8 Å². The molecule has 0 amide bonds. The first-order chi connectivity index (χ1) is 11.7. The molecule has 4 nitrogen and oxygen atoms in total. The molecule has 1 N–H and O–H groups in total. The molecule has 3 aromatic rings. The quantitative estimate of drug-likeness (QED) is 0.703. The summed E-state index contributed by atoms with van der Waals surface area (Å²) in [6.45, 7) is 0.560. The first-order valence-electron chi connectivity index (χ1n) is 7.52. The van der Waals surface area contributed by atoms with Crippen LogP contribution in [0.15, 0.2) is 66.9 Å². The average molecular weight is 341 g/mol. The monoisotopic (exact) mass is 340 g/mol. The van der Waals surface area contributed by atoms with Crippen molar-refractivity contribution in [3.63, 3.8) is 0 Å². The number of ether oxygens (including phenoxy) is 1. The molecule has 0 atom stereocenters. The van der Waals surface area contributed by atoms with Gasteiger partial charge in [-0.3, -0.25) is 4.68 Å². The molecule has 0 bridgehead atoms. The molecule has 0 aliphatic rings. The molecule has 0 saturated heterocycles. The Hall–Kier alpha value is -2.72. The lowest BCUT2D eigenvalue weighted by molar-refractivity contribution is 0.0590.